The molecule has 1 aromatic heterocycles. The van der Waals surface area contributed by atoms with Gasteiger partial charge in [-0.3, -0.25) is 4.79 Å². The highest BCUT2D eigenvalue weighted by atomic mass is 32.2. The third-order valence-electron chi connectivity index (χ3n) is 6.38. The van der Waals surface area contributed by atoms with Gasteiger partial charge in [0.05, 0.1) is 29.3 Å². The molecule has 0 saturated heterocycles. The van der Waals surface area contributed by atoms with Crippen molar-refractivity contribution in [1.82, 2.24) is 8.87 Å². The molecule has 4 rings (SSSR count). The highest BCUT2D eigenvalue weighted by Gasteiger charge is 2.29. The lowest BCUT2D eigenvalue weighted by Gasteiger charge is -2.30. The Morgan fingerprint density at radius 3 is 2.29 bits per heavy atom. The van der Waals surface area contributed by atoms with Gasteiger partial charge in [0.25, 0.3) is 5.91 Å². The Morgan fingerprint density at radius 1 is 1.06 bits per heavy atom. The van der Waals surface area contributed by atoms with Crippen molar-refractivity contribution in [3.63, 3.8) is 0 Å². The highest BCUT2D eigenvalue weighted by molar-refractivity contribution is 7.89. The summed E-state index contributed by atoms with van der Waals surface area (Å²) >= 11 is 1.36. The number of fused-ring (bicyclic) bond motifs is 1. The van der Waals surface area contributed by atoms with Gasteiger partial charge in [0.15, 0.2) is 16.3 Å². The summed E-state index contributed by atoms with van der Waals surface area (Å²) in [5.74, 6) is 0.756. The molecule has 0 atom stereocenters. The molecule has 0 unspecified atom stereocenters. The summed E-state index contributed by atoms with van der Waals surface area (Å²) in [6.07, 6.45) is 5.02. The molecule has 2 aromatic carbocycles. The van der Waals surface area contributed by atoms with Crippen LogP contribution in [0.3, 0.4) is 0 Å². The van der Waals surface area contributed by atoms with E-state index in [0.717, 1.165) is 42.3 Å². The van der Waals surface area contributed by atoms with Gasteiger partial charge in [-0.25, -0.2) is 8.42 Å². The number of nitrogens with zero attached hydrogens (tertiary/aromatic N) is 3. The molecule has 0 bridgehead atoms. The number of carbonyl (C=O) groups is 1. The predicted octanol–water partition coefficient (Wildman–Crippen LogP) is 3.95. The molecule has 3 aromatic rings. The molecule has 1 aliphatic carbocycles. The van der Waals surface area contributed by atoms with E-state index in [1.54, 1.807) is 21.3 Å². The Hall–Kier alpha value is -2.69. The van der Waals surface area contributed by atoms with E-state index in [1.165, 1.54) is 39.9 Å². The number of aryl methyl sites for hydroxylation is 1. The lowest BCUT2D eigenvalue weighted by Crippen LogP contribution is -2.38. The van der Waals surface area contributed by atoms with Crippen LogP contribution in [-0.2, 0) is 17.1 Å². The summed E-state index contributed by atoms with van der Waals surface area (Å²) in [6.45, 7) is 0. The maximum Gasteiger partial charge on any atom is 0.279 e. The van der Waals surface area contributed by atoms with E-state index < -0.39 is 15.9 Å². The van der Waals surface area contributed by atoms with Crippen LogP contribution in [0.1, 0.15) is 42.5 Å². The maximum atomic E-state index is 13.0. The van der Waals surface area contributed by atoms with Gasteiger partial charge in [-0.15, -0.1) is 0 Å². The normalized spacial score (nSPS) is 15.7. The Labute approximate surface area is 203 Å². The number of aromatic nitrogens is 1. The quantitative estimate of drug-likeness (QED) is 0.508. The zero-order valence-corrected chi connectivity index (χ0v) is 21.4. The van der Waals surface area contributed by atoms with Crippen LogP contribution < -0.4 is 14.3 Å². The SMILES string of the molecule is COc1cc2sc(=NC(=O)c3ccc(S(=O)(=O)N(C)C4CCCCC4)cc3)n(C)c2cc1OC. The first-order valence-electron chi connectivity index (χ1n) is 11.1. The molecule has 1 saturated carbocycles. The van der Waals surface area contributed by atoms with Crippen molar-refractivity contribution in [3.05, 3.63) is 46.8 Å². The van der Waals surface area contributed by atoms with Crippen molar-refractivity contribution in [2.75, 3.05) is 21.3 Å². The molecule has 0 spiro atoms. The van der Waals surface area contributed by atoms with Gasteiger partial charge in [-0.2, -0.15) is 9.30 Å². The van der Waals surface area contributed by atoms with Crippen molar-refractivity contribution in [3.8, 4) is 11.5 Å². The molecule has 34 heavy (non-hydrogen) atoms. The number of methoxy groups -OCH3 is 2. The van der Waals surface area contributed by atoms with Gasteiger partial charge < -0.3 is 14.0 Å². The molecule has 1 heterocycles. The number of carbonyl (C=O) groups excluding carboxylic acids is 1. The molecule has 1 fully saturated rings. The van der Waals surface area contributed by atoms with E-state index in [0.29, 0.717) is 21.9 Å². The third kappa shape index (κ3) is 4.62. The zero-order chi connectivity index (χ0) is 24.5. The maximum absolute atomic E-state index is 13.0. The molecule has 8 nitrogen and oxygen atoms in total. The van der Waals surface area contributed by atoms with Gasteiger partial charge in [0.1, 0.15) is 0 Å². The van der Waals surface area contributed by atoms with Crippen LogP contribution in [0.15, 0.2) is 46.3 Å². The number of amides is 1. The topological polar surface area (TPSA) is 90.2 Å². The Morgan fingerprint density at radius 2 is 1.68 bits per heavy atom. The molecule has 0 N–H and O–H groups in total. The van der Waals surface area contributed by atoms with Gasteiger partial charge >= 0.3 is 0 Å². The molecule has 0 aliphatic heterocycles. The van der Waals surface area contributed by atoms with E-state index in [-0.39, 0.29) is 10.9 Å². The Bertz CT molecular complexity index is 1370. The standard InChI is InChI=1S/C24H29N3O5S2/c1-26-19-14-20(31-3)21(32-4)15-22(19)33-24(26)25-23(28)16-10-12-18(13-11-16)34(29,30)27(2)17-8-6-5-7-9-17/h10-15,17H,5-9H2,1-4H3. The highest BCUT2D eigenvalue weighted by Crippen LogP contribution is 2.33. The van der Waals surface area contributed by atoms with Gasteiger partial charge in [0.2, 0.25) is 10.0 Å². The number of hydrogen-bond acceptors (Lipinski definition) is 6. The van der Waals surface area contributed by atoms with Crippen molar-refractivity contribution < 1.29 is 22.7 Å². The lowest BCUT2D eigenvalue weighted by atomic mass is 9.96. The largest absolute Gasteiger partial charge is 0.493 e. The molecule has 10 heteroatoms. The van der Waals surface area contributed by atoms with Crippen molar-refractivity contribution in [1.29, 1.82) is 0 Å². The summed E-state index contributed by atoms with van der Waals surface area (Å²) in [5, 5.41) is 0. The number of ether oxygens (including phenoxy) is 2. The van der Waals surface area contributed by atoms with Crippen LogP contribution in [0, 0.1) is 0 Å². The second-order valence-corrected chi connectivity index (χ2v) is 11.4. The van der Waals surface area contributed by atoms with Gasteiger partial charge in [-0.05, 0) is 37.1 Å². The lowest BCUT2D eigenvalue weighted by molar-refractivity contribution is 0.0998. The fraction of sp³-hybridized carbons (Fsp3) is 0.417. The first-order chi connectivity index (χ1) is 16.3. The van der Waals surface area contributed by atoms with Crippen molar-refractivity contribution in [2.45, 2.75) is 43.0 Å². The van der Waals surface area contributed by atoms with Crippen LogP contribution in [0.4, 0.5) is 0 Å². The van der Waals surface area contributed by atoms with E-state index >= 15 is 0 Å². The fourth-order valence-corrected chi connectivity index (χ4v) is 6.73. The van der Waals surface area contributed by atoms with Gasteiger partial charge in [-0.1, -0.05) is 30.6 Å². The number of thiazole rings is 1. The molecule has 182 valence electrons. The minimum atomic E-state index is -3.61. The number of sulfonamides is 1. The summed E-state index contributed by atoms with van der Waals surface area (Å²) < 4.78 is 41.0. The smallest absolute Gasteiger partial charge is 0.279 e. The minimum absolute atomic E-state index is 0.0280. The van der Waals surface area contributed by atoms with E-state index in [4.69, 9.17) is 9.47 Å². The van der Waals surface area contributed by atoms with E-state index in [2.05, 4.69) is 4.99 Å². The van der Waals surface area contributed by atoms with Crippen LogP contribution in [0.25, 0.3) is 10.2 Å². The van der Waals surface area contributed by atoms with Gasteiger partial charge in [0, 0.05) is 37.8 Å². The predicted molar refractivity (Wildman–Crippen MR) is 132 cm³/mol. The molecule has 1 aliphatic rings. The van der Waals surface area contributed by atoms with Crippen LogP contribution in [-0.4, -0.2) is 50.5 Å². The summed E-state index contributed by atoms with van der Waals surface area (Å²) in [6, 6.07) is 9.73. The number of rotatable bonds is 6. The minimum Gasteiger partial charge on any atom is -0.493 e. The Balaban J connectivity index is 1.60. The zero-order valence-electron chi connectivity index (χ0n) is 19.8. The number of benzene rings is 2. The van der Waals surface area contributed by atoms with Crippen molar-refractivity contribution in [2.24, 2.45) is 12.0 Å². The van der Waals surface area contributed by atoms with Crippen molar-refractivity contribution >= 4 is 37.5 Å². The van der Waals surface area contributed by atoms with E-state index in [9.17, 15) is 13.2 Å². The first-order valence-corrected chi connectivity index (χ1v) is 13.4. The average Bonchev–Trinajstić information content (AvgIpc) is 3.17. The summed E-state index contributed by atoms with van der Waals surface area (Å²) in [7, 11) is 3.00. The second-order valence-electron chi connectivity index (χ2n) is 8.37. The summed E-state index contributed by atoms with van der Waals surface area (Å²) in [4.78, 5) is 17.8. The second kappa shape index (κ2) is 9.89. The summed E-state index contributed by atoms with van der Waals surface area (Å²) in [5.41, 5.74) is 1.19. The van der Waals surface area contributed by atoms with Crippen LogP contribution in [0.5, 0.6) is 11.5 Å². The molecule has 1 amide bonds. The van der Waals surface area contributed by atoms with Crippen LogP contribution in [0.2, 0.25) is 0 Å². The van der Waals surface area contributed by atoms with E-state index in [1.807, 2.05) is 23.7 Å². The molecular formula is C24H29N3O5S2. The van der Waals surface area contributed by atoms with Crippen LogP contribution >= 0.6 is 11.3 Å². The fourth-order valence-electron chi connectivity index (χ4n) is 4.29. The average molecular weight is 504 g/mol. The number of hydrogen-bond donors (Lipinski definition) is 0. The third-order valence-corrected chi connectivity index (χ3v) is 9.40. The monoisotopic (exact) mass is 503 g/mol. The Kier molecular flexibility index (Phi) is 7.11. The molecule has 0 radical (unpaired) electrons. The molecular weight excluding hydrogens is 474 g/mol. The first kappa shape index (κ1) is 24.4.